The molecule has 2 amide bonds. The van der Waals surface area contributed by atoms with Crippen LogP contribution in [0.3, 0.4) is 0 Å². The number of ether oxygens (including phenoxy) is 1. The highest BCUT2D eigenvalue weighted by Crippen LogP contribution is 2.42. The lowest BCUT2D eigenvalue weighted by Gasteiger charge is -2.42. The third kappa shape index (κ3) is 5.00. The van der Waals surface area contributed by atoms with E-state index in [2.05, 4.69) is 42.0 Å². The smallest absolute Gasteiger partial charge is 0.254 e. The molecule has 1 aliphatic carbocycles. The maximum Gasteiger partial charge on any atom is 0.254 e. The van der Waals surface area contributed by atoms with Crippen LogP contribution >= 0.6 is 0 Å². The summed E-state index contributed by atoms with van der Waals surface area (Å²) >= 11 is 0. The molecule has 1 saturated carbocycles. The van der Waals surface area contributed by atoms with Crippen molar-refractivity contribution >= 4 is 11.8 Å². The first-order valence-corrected chi connectivity index (χ1v) is 14.7. The summed E-state index contributed by atoms with van der Waals surface area (Å²) in [6, 6.07) is 11.9. The van der Waals surface area contributed by atoms with Crippen LogP contribution in [0.2, 0.25) is 0 Å². The Labute approximate surface area is 236 Å². The number of aromatic nitrogens is 3. The normalized spacial score (nSPS) is 19.2. The Balaban J connectivity index is 1.34. The van der Waals surface area contributed by atoms with Crippen LogP contribution in [-0.2, 0) is 24.4 Å². The van der Waals surface area contributed by atoms with Crippen LogP contribution in [-0.4, -0.2) is 49.7 Å². The highest BCUT2D eigenvalue weighted by molar-refractivity contribution is 5.98. The number of amides is 2. The molecule has 0 spiro atoms. The third-order valence-electron chi connectivity index (χ3n) is 8.85. The first-order chi connectivity index (χ1) is 19.4. The van der Waals surface area contributed by atoms with E-state index in [9.17, 15) is 9.59 Å². The van der Waals surface area contributed by atoms with E-state index in [1.54, 1.807) is 0 Å². The molecular formula is C32H39N5O3. The molecule has 3 heterocycles. The summed E-state index contributed by atoms with van der Waals surface area (Å²) in [7, 11) is 0. The van der Waals surface area contributed by atoms with Crippen molar-refractivity contribution in [2.45, 2.75) is 84.5 Å². The van der Waals surface area contributed by atoms with E-state index in [1.165, 1.54) is 17.5 Å². The molecule has 210 valence electrons. The predicted molar refractivity (Wildman–Crippen MR) is 152 cm³/mol. The Morgan fingerprint density at radius 1 is 1.10 bits per heavy atom. The summed E-state index contributed by atoms with van der Waals surface area (Å²) in [6.45, 7) is 8.22. The number of nitrogens with zero attached hydrogens (tertiary/aromatic N) is 5. The maximum absolute atomic E-state index is 14.0. The number of benzene rings is 2. The van der Waals surface area contributed by atoms with Crippen LogP contribution in [0.25, 0.3) is 0 Å². The van der Waals surface area contributed by atoms with Crippen LogP contribution in [0.15, 0.2) is 42.6 Å². The minimum absolute atomic E-state index is 0.0354. The Morgan fingerprint density at radius 3 is 2.65 bits per heavy atom. The molecule has 2 aromatic carbocycles. The molecule has 6 rings (SSSR count). The Morgan fingerprint density at radius 2 is 1.90 bits per heavy atom. The quantitative estimate of drug-likeness (QED) is 0.400. The summed E-state index contributed by atoms with van der Waals surface area (Å²) in [5, 5.41) is 8.51. The zero-order valence-electron chi connectivity index (χ0n) is 23.8. The zero-order valence-corrected chi connectivity index (χ0v) is 23.8. The van der Waals surface area contributed by atoms with E-state index < -0.39 is 0 Å². The number of rotatable bonds is 7. The maximum atomic E-state index is 14.0. The van der Waals surface area contributed by atoms with Crippen molar-refractivity contribution in [1.29, 1.82) is 0 Å². The third-order valence-corrected chi connectivity index (χ3v) is 8.85. The number of hydrogen-bond donors (Lipinski definition) is 0. The molecule has 3 aliphatic rings. The summed E-state index contributed by atoms with van der Waals surface area (Å²) < 4.78 is 8.26. The zero-order chi connectivity index (χ0) is 27.8. The van der Waals surface area contributed by atoms with Gasteiger partial charge in [-0.3, -0.25) is 9.59 Å². The van der Waals surface area contributed by atoms with Crippen LogP contribution in [0, 0.1) is 12.8 Å². The molecule has 0 N–H and O–H groups in total. The highest BCUT2D eigenvalue weighted by Gasteiger charge is 2.40. The molecule has 40 heavy (non-hydrogen) atoms. The van der Waals surface area contributed by atoms with E-state index in [0.29, 0.717) is 26.2 Å². The molecule has 0 bridgehead atoms. The van der Waals surface area contributed by atoms with Crippen molar-refractivity contribution in [3.8, 4) is 5.75 Å². The summed E-state index contributed by atoms with van der Waals surface area (Å²) in [4.78, 5) is 31.5. The molecule has 0 radical (unpaired) electrons. The van der Waals surface area contributed by atoms with E-state index in [4.69, 9.17) is 4.74 Å². The molecular weight excluding hydrogens is 502 g/mol. The minimum atomic E-state index is -0.266. The molecule has 1 fully saturated rings. The highest BCUT2D eigenvalue weighted by atomic mass is 16.5. The molecule has 0 saturated heterocycles. The van der Waals surface area contributed by atoms with Gasteiger partial charge in [0.2, 0.25) is 5.91 Å². The SMILES string of the molecule is Cc1ccc(OCc2cn(C(C)C)nn2)c2c1CCN(C(=O)C1CCCCC1)[C@@H]2CN1Cc2ccccc2C1=O. The van der Waals surface area contributed by atoms with Gasteiger partial charge in [-0.25, -0.2) is 4.68 Å². The second-order valence-corrected chi connectivity index (χ2v) is 11.8. The monoisotopic (exact) mass is 541 g/mol. The van der Waals surface area contributed by atoms with E-state index >= 15 is 0 Å². The molecule has 8 heteroatoms. The molecule has 1 aromatic heterocycles. The van der Waals surface area contributed by atoms with Gasteiger partial charge in [-0.15, -0.1) is 5.10 Å². The van der Waals surface area contributed by atoms with Crippen LogP contribution in [0.5, 0.6) is 5.75 Å². The summed E-state index contributed by atoms with van der Waals surface area (Å²) in [6.07, 6.45) is 8.02. The fraction of sp³-hybridized carbons (Fsp3) is 0.500. The summed E-state index contributed by atoms with van der Waals surface area (Å²) in [5.41, 5.74) is 6.02. The molecule has 0 unspecified atom stereocenters. The average Bonchev–Trinajstić information content (AvgIpc) is 3.58. The summed E-state index contributed by atoms with van der Waals surface area (Å²) in [5.74, 6) is 1.08. The van der Waals surface area contributed by atoms with E-state index in [1.807, 2.05) is 46.1 Å². The first kappa shape index (κ1) is 26.5. The van der Waals surface area contributed by atoms with Crippen LogP contribution in [0.1, 0.15) is 96.3 Å². The van der Waals surface area contributed by atoms with Gasteiger partial charge in [0.05, 0.1) is 12.2 Å². The van der Waals surface area contributed by atoms with Gasteiger partial charge in [0.1, 0.15) is 18.1 Å². The number of fused-ring (bicyclic) bond motifs is 2. The number of hydrogen-bond acceptors (Lipinski definition) is 5. The first-order valence-electron chi connectivity index (χ1n) is 14.7. The predicted octanol–water partition coefficient (Wildman–Crippen LogP) is 5.41. The van der Waals surface area contributed by atoms with Gasteiger partial charge in [-0.1, -0.05) is 48.7 Å². The largest absolute Gasteiger partial charge is 0.487 e. The standard InChI is InChI=1S/C32H39N5O3/c1-21(2)37-18-25(33-34-37)20-40-29-14-13-22(3)26-15-16-36(31(38)23-9-5-4-6-10-23)28(30(26)29)19-35-17-24-11-7-8-12-27(24)32(35)39/h7-8,11-14,18,21,23,28H,4-6,9-10,15-17,19-20H2,1-3H3/t28-/m1/s1. The van der Waals surface area contributed by atoms with Gasteiger partial charge in [0, 0.05) is 42.7 Å². The van der Waals surface area contributed by atoms with Crippen molar-refractivity contribution in [3.63, 3.8) is 0 Å². The second kappa shape index (κ2) is 11.1. The molecule has 3 aromatic rings. The van der Waals surface area contributed by atoms with Crippen LogP contribution in [0.4, 0.5) is 0 Å². The van der Waals surface area contributed by atoms with Crippen LogP contribution < -0.4 is 4.74 Å². The molecule has 8 nitrogen and oxygen atoms in total. The van der Waals surface area contributed by atoms with Crippen molar-refractivity contribution < 1.29 is 14.3 Å². The van der Waals surface area contributed by atoms with Crippen molar-refractivity contribution in [3.05, 3.63) is 76.1 Å². The van der Waals surface area contributed by atoms with Gasteiger partial charge < -0.3 is 14.5 Å². The number of carbonyl (C=O) groups is 2. The van der Waals surface area contributed by atoms with Crippen molar-refractivity contribution in [1.82, 2.24) is 24.8 Å². The van der Waals surface area contributed by atoms with E-state index in [0.717, 1.165) is 60.2 Å². The topological polar surface area (TPSA) is 80.6 Å². The Bertz CT molecular complexity index is 1410. The van der Waals surface area contributed by atoms with Gasteiger partial charge in [0.15, 0.2) is 0 Å². The lowest BCUT2D eigenvalue weighted by molar-refractivity contribution is -0.140. The Hall–Kier alpha value is -3.68. The number of carbonyl (C=O) groups excluding carboxylic acids is 2. The van der Waals surface area contributed by atoms with Gasteiger partial charge in [-0.2, -0.15) is 0 Å². The number of aryl methyl sites for hydroxylation is 1. The van der Waals surface area contributed by atoms with Crippen molar-refractivity contribution in [2.75, 3.05) is 13.1 Å². The second-order valence-electron chi connectivity index (χ2n) is 11.8. The molecule has 1 atom stereocenters. The molecule has 2 aliphatic heterocycles. The minimum Gasteiger partial charge on any atom is -0.487 e. The lowest BCUT2D eigenvalue weighted by Crippen LogP contribution is -2.48. The van der Waals surface area contributed by atoms with Crippen molar-refractivity contribution in [2.24, 2.45) is 5.92 Å². The fourth-order valence-corrected chi connectivity index (χ4v) is 6.61. The lowest BCUT2D eigenvalue weighted by atomic mass is 9.84. The fourth-order valence-electron chi connectivity index (χ4n) is 6.61. The average molecular weight is 542 g/mol. The van der Waals surface area contributed by atoms with Gasteiger partial charge in [-0.05, 0) is 68.9 Å². The van der Waals surface area contributed by atoms with Gasteiger partial charge >= 0.3 is 0 Å². The van der Waals surface area contributed by atoms with E-state index in [-0.39, 0.29) is 29.8 Å². The Kier molecular flexibility index (Phi) is 7.34. The van der Waals surface area contributed by atoms with Gasteiger partial charge in [0.25, 0.3) is 5.91 Å².